The van der Waals surface area contributed by atoms with E-state index in [1.165, 1.54) is 30.3 Å². The van der Waals surface area contributed by atoms with E-state index >= 15 is 0 Å². The van der Waals surface area contributed by atoms with E-state index in [2.05, 4.69) is 15.2 Å². The number of rotatable bonds is 5. The van der Waals surface area contributed by atoms with Crippen LogP contribution in [0.15, 0.2) is 56.3 Å². The molecule has 130 valence electrons. The molecule has 3 rings (SSSR count). The molecule has 0 fully saturated rings. The number of benzene rings is 1. The van der Waals surface area contributed by atoms with Crippen molar-refractivity contribution in [3.8, 4) is 0 Å². The number of anilines is 2. The van der Waals surface area contributed by atoms with Crippen LogP contribution in [0.4, 0.5) is 11.5 Å². The Morgan fingerprint density at radius 3 is 2.32 bits per heavy atom. The Hall–Kier alpha value is -3.07. The topological polar surface area (TPSA) is 114 Å². The van der Waals surface area contributed by atoms with Crippen molar-refractivity contribution in [1.29, 1.82) is 0 Å². The predicted octanol–water partition coefficient (Wildman–Crippen LogP) is 2.94. The van der Waals surface area contributed by atoms with Gasteiger partial charge < -0.3 is 14.3 Å². The highest BCUT2D eigenvalue weighted by Crippen LogP contribution is 2.19. The molecule has 0 aliphatic rings. The maximum Gasteiger partial charge on any atom is 0.291 e. The molecule has 2 aromatic heterocycles. The van der Waals surface area contributed by atoms with Crippen LogP contribution >= 0.6 is 0 Å². The first-order valence-electron chi connectivity index (χ1n) is 7.27. The zero-order valence-corrected chi connectivity index (χ0v) is 14.3. The van der Waals surface area contributed by atoms with Gasteiger partial charge >= 0.3 is 0 Å². The van der Waals surface area contributed by atoms with E-state index in [1.807, 2.05) is 0 Å². The molecule has 0 saturated carbocycles. The van der Waals surface area contributed by atoms with E-state index in [0.717, 1.165) is 0 Å². The van der Waals surface area contributed by atoms with E-state index in [4.69, 9.17) is 8.94 Å². The van der Waals surface area contributed by atoms with Crippen molar-refractivity contribution >= 4 is 27.4 Å². The van der Waals surface area contributed by atoms with Gasteiger partial charge in [-0.3, -0.25) is 9.52 Å². The van der Waals surface area contributed by atoms with Gasteiger partial charge in [0.05, 0.1) is 4.90 Å². The minimum Gasteiger partial charge on any atom is -0.456 e. The molecule has 0 bridgehead atoms. The van der Waals surface area contributed by atoms with Crippen molar-refractivity contribution in [3.05, 3.63) is 59.7 Å². The van der Waals surface area contributed by atoms with Crippen molar-refractivity contribution in [3.63, 3.8) is 0 Å². The zero-order valence-electron chi connectivity index (χ0n) is 13.4. The van der Waals surface area contributed by atoms with Gasteiger partial charge in [-0.05, 0) is 50.2 Å². The van der Waals surface area contributed by atoms with Gasteiger partial charge in [0.25, 0.3) is 15.9 Å². The first kappa shape index (κ1) is 16.8. The number of carbonyl (C=O) groups excluding carboxylic acids is 1. The molecule has 0 aliphatic carbocycles. The largest absolute Gasteiger partial charge is 0.456 e. The van der Waals surface area contributed by atoms with Gasteiger partial charge in [0.1, 0.15) is 11.5 Å². The number of carbonyl (C=O) groups is 1. The van der Waals surface area contributed by atoms with Crippen molar-refractivity contribution in [2.75, 3.05) is 10.0 Å². The highest BCUT2D eigenvalue weighted by atomic mass is 32.2. The molecule has 0 saturated heterocycles. The van der Waals surface area contributed by atoms with Crippen LogP contribution in [-0.4, -0.2) is 19.5 Å². The fourth-order valence-corrected chi connectivity index (χ4v) is 3.06. The molecule has 1 amide bonds. The van der Waals surface area contributed by atoms with Crippen LogP contribution in [0.3, 0.4) is 0 Å². The average Bonchev–Trinajstić information content (AvgIpc) is 3.16. The van der Waals surface area contributed by atoms with Crippen LogP contribution in [0.5, 0.6) is 0 Å². The maximum absolute atomic E-state index is 12.3. The Kier molecular flexibility index (Phi) is 4.32. The Balaban J connectivity index is 1.72. The van der Waals surface area contributed by atoms with Gasteiger partial charge in [-0.1, -0.05) is 5.16 Å². The lowest BCUT2D eigenvalue weighted by molar-refractivity contribution is 0.0995. The fraction of sp³-hybridized carbons (Fsp3) is 0.125. The summed E-state index contributed by atoms with van der Waals surface area (Å²) in [5.74, 6) is 0.977. The zero-order chi connectivity index (χ0) is 18.0. The molecule has 0 spiro atoms. The summed E-state index contributed by atoms with van der Waals surface area (Å²) >= 11 is 0. The lowest BCUT2D eigenvalue weighted by Gasteiger charge is -2.07. The SMILES string of the molecule is Cc1cc(NS(=O)(=O)c2ccc(NC(=O)c3ccc(C)o3)cc2)no1. The number of furan rings is 1. The molecule has 0 unspecified atom stereocenters. The van der Waals surface area contributed by atoms with Crippen molar-refractivity contribution in [1.82, 2.24) is 5.16 Å². The molecular weight excluding hydrogens is 346 g/mol. The standard InChI is InChI=1S/C16H15N3O5S/c1-10-3-8-14(23-10)16(20)17-12-4-6-13(7-5-12)25(21,22)19-15-9-11(2)24-18-15/h3-9H,1-2H3,(H,17,20)(H,18,19). The summed E-state index contributed by atoms with van der Waals surface area (Å²) in [7, 11) is -3.80. The summed E-state index contributed by atoms with van der Waals surface area (Å²) in [4.78, 5) is 12.0. The first-order valence-corrected chi connectivity index (χ1v) is 8.76. The first-order chi connectivity index (χ1) is 11.8. The molecule has 0 radical (unpaired) electrons. The molecule has 2 heterocycles. The second-order valence-electron chi connectivity index (χ2n) is 5.32. The summed E-state index contributed by atoms with van der Waals surface area (Å²) in [5.41, 5.74) is 0.440. The number of aryl methyl sites for hydroxylation is 2. The minimum absolute atomic E-state index is 0.0278. The molecule has 8 nitrogen and oxygen atoms in total. The number of aromatic nitrogens is 1. The summed E-state index contributed by atoms with van der Waals surface area (Å²) in [5, 5.41) is 6.21. The van der Waals surface area contributed by atoms with E-state index < -0.39 is 15.9 Å². The van der Waals surface area contributed by atoms with E-state index in [1.54, 1.807) is 26.0 Å². The Morgan fingerprint density at radius 2 is 1.76 bits per heavy atom. The van der Waals surface area contributed by atoms with E-state index in [0.29, 0.717) is 17.2 Å². The van der Waals surface area contributed by atoms with Crippen LogP contribution in [0, 0.1) is 13.8 Å². The Labute approximate surface area is 143 Å². The molecule has 2 N–H and O–H groups in total. The molecule has 25 heavy (non-hydrogen) atoms. The van der Waals surface area contributed by atoms with Gasteiger partial charge in [-0.25, -0.2) is 8.42 Å². The van der Waals surface area contributed by atoms with Gasteiger partial charge in [-0.2, -0.15) is 0 Å². The lowest BCUT2D eigenvalue weighted by Crippen LogP contribution is -2.14. The van der Waals surface area contributed by atoms with Crippen LogP contribution in [0.1, 0.15) is 22.1 Å². The van der Waals surface area contributed by atoms with E-state index in [9.17, 15) is 13.2 Å². The smallest absolute Gasteiger partial charge is 0.291 e. The third-order valence-corrected chi connectivity index (χ3v) is 4.62. The van der Waals surface area contributed by atoms with Crippen LogP contribution in [0.2, 0.25) is 0 Å². The number of hydrogen-bond donors (Lipinski definition) is 2. The minimum atomic E-state index is -3.80. The number of nitrogens with one attached hydrogen (secondary N) is 2. The fourth-order valence-electron chi connectivity index (χ4n) is 2.08. The Morgan fingerprint density at radius 1 is 1.04 bits per heavy atom. The van der Waals surface area contributed by atoms with Crippen LogP contribution < -0.4 is 10.0 Å². The molecule has 1 aromatic carbocycles. The highest BCUT2D eigenvalue weighted by Gasteiger charge is 2.17. The third-order valence-electron chi connectivity index (χ3n) is 3.25. The normalized spacial score (nSPS) is 11.3. The molecule has 3 aromatic rings. The van der Waals surface area contributed by atoms with Gasteiger partial charge in [0.15, 0.2) is 11.6 Å². The summed E-state index contributed by atoms with van der Waals surface area (Å²) in [6.07, 6.45) is 0. The van der Waals surface area contributed by atoms with Gasteiger partial charge in [0.2, 0.25) is 0 Å². The lowest BCUT2D eigenvalue weighted by atomic mass is 10.3. The van der Waals surface area contributed by atoms with Crippen molar-refractivity contribution in [2.45, 2.75) is 18.7 Å². The second kappa shape index (κ2) is 6.44. The average molecular weight is 361 g/mol. The van der Waals surface area contributed by atoms with E-state index in [-0.39, 0.29) is 16.5 Å². The quantitative estimate of drug-likeness (QED) is 0.722. The van der Waals surface area contributed by atoms with Crippen LogP contribution in [-0.2, 0) is 10.0 Å². The van der Waals surface area contributed by atoms with Crippen molar-refractivity contribution < 1.29 is 22.2 Å². The molecule has 0 atom stereocenters. The number of sulfonamides is 1. The summed E-state index contributed by atoms with van der Waals surface area (Å²) < 4.78 is 36.9. The van der Waals surface area contributed by atoms with Crippen molar-refractivity contribution in [2.24, 2.45) is 0 Å². The molecular formula is C16H15N3O5S. The Bertz CT molecular complexity index is 1000. The number of hydrogen-bond acceptors (Lipinski definition) is 6. The van der Waals surface area contributed by atoms with Crippen LogP contribution in [0.25, 0.3) is 0 Å². The number of nitrogens with zero attached hydrogens (tertiary/aromatic N) is 1. The monoisotopic (exact) mass is 361 g/mol. The van der Waals surface area contributed by atoms with Gasteiger partial charge in [-0.15, -0.1) is 0 Å². The molecule has 9 heteroatoms. The summed E-state index contributed by atoms with van der Waals surface area (Å²) in [6, 6.07) is 10.4. The summed E-state index contributed by atoms with van der Waals surface area (Å²) in [6.45, 7) is 3.39. The second-order valence-corrected chi connectivity index (χ2v) is 7.00. The predicted molar refractivity (Wildman–Crippen MR) is 89.9 cm³/mol. The highest BCUT2D eigenvalue weighted by molar-refractivity contribution is 7.92. The molecule has 0 aliphatic heterocycles. The maximum atomic E-state index is 12.3. The number of amides is 1. The third kappa shape index (κ3) is 3.89. The van der Waals surface area contributed by atoms with Gasteiger partial charge in [0, 0.05) is 11.8 Å².